The Kier molecular flexibility index (Phi) is 3.69. The molecule has 20 heavy (non-hydrogen) atoms. The summed E-state index contributed by atoms with van der Waals surface area (Å²) >= 11 is 0. The highest BCUT2D eigenvalue weighted by atomic mass is 16.5. The van der Waals surface area contributed by atoms with E-state index < -0.39 is 18.3 Å². The number of aliphatic carboxylic acids is 1. The van der Waals surface area contributed by atoms with E-state index in [0.717, 1.165) is 0 Å². The number of hydrogen-bond acceptors (Lipinski definition) is 4. The number of carboxylic acid groups (broad SMARTS) is 1. The third kappa shape index (κ3) is 2.94. The largest absolute Gasteiger partial charge is 0.482 e. The zero-order chi connectivity index (χ0) is 14.7. The van der Waals surface area contributed by atoms with Gasteiger partial charge in [-0.1, -0.05) is 0 Å². The number of ketones is 1. The van der Waals surface area contributed by atoms with E-state index in [1.54, 1.807) is 6.92 Å². The Morgan fingerprint density at radius 3 is 2.35 bits per heavy atom. The summed E-state index contributed by atoms with van der Waals surface area (Å²) in [6, 6.07) is 6.00. The minimum atomic E-state index is -1.08. The molecule has 0 bridgehead atoms. The average Bonchev–Trinajstić information content (AvgIpc) is 2.75. The predicted molar refractivity (Wildman–Crippen MR) is 69.2 cm³/mol. The van der Waals surface area contributed by atoms with Gasteiger partial charge in [0.25, 0.3) is 0 Å². The lowest BCUT2D eigenvalue weighted by molar-refractivity contribution is -0.139. The van der Waals surface area contributed by atoms with Crippen molar-refractivity contribution in [2.75, 3.05) is 6.61 Å². The molecule has 0 saturated carbocycles. The van der Waals surface area contributed by atoms with Crippen molar-refractivity contribution in [2.24, 2.45) is 0 Å². The molecule has 0 fully saturated rings. The number of aromatic nitrogens is 2. The van der Waals surface area contributed by atoms with Gasteiger partial charge in [0.1, 0.15) is 11.4 Å². The maximum absolute atomic E-state index is 12.1. The van der Waals surface area contributed by atoms with Gasteiger partial charge in [-0.2, -0.15) is 0 Å². The lowest BCUT2D eigenvalue weighted by Gasteiger charge is -2.04. The minimum Gasteiger partial charge on any atom is -0.482 e. The maximum atomic E-state index is 12.1. The number of aryl methyl sites for hydroxylation is 1. The number of hydrogen-bond donors (Lipinski definition) is 3. The molecule has 1 heterocycles. The predicted octanol–water partition coefficient (Wildman–Crippen LogP) is 0.706. The first-order valence-corrected chi connectivity index (χ1v) is 5.75. The lowest BCUT2D eigenvalue weighted by Crippen LogP contribution is -2.10. The first-order valence-electron chi connectivity index (χ1n) is 5.75. The van der Waals surface area contributed by atoms with Crippen LogP contribution >= 0.6 is 0 Å². The number of carbonyl (C=O) groups is 2. The number of carboxylic acids is 1. The fourth-order valence-corrected chi connectivity index (χ4v) is 1.69. The average molecular weight is 276 g/mol. The van der Waals surface area contributed by atoms with E-state index in [9.17, 15) is 14.4 Å². The van der Waals surface area contributed by atoms with Crippen molar-refractivity contribution in [2.45, 2.75) is 6.92 Å². The summed E-state index contributed by atoms with van der Waals surface area (Å²) in [5.41, 5.74) is 0.596. The van der Waals surface area contributed by atoms with Crippen LogP contribution in [0.3, 0.4) is 0 Å². The second-order valence-electron chi connectivity index (χ2n) is 4.12. The van der Waals surface area contributed by atoms with Crippen molar-refractivity contribution in [3.05, 3.63) is 51.7 Å². The molecular formula is C13H12N2O5. The van der Waals surface area contributed by atoms with E-state index in [1.807, 2.05) is 0 Å². The Labute approximate surface area is 113 Å². The Morgan fingerprint density at radius 1 is 1.20 bits per heavy atom. The van der Waals surface area contributed by atoms with Gasteiger partial charge in [-0.05, 0) is 31.2 Å². The number of benzene rings is 1. The van der Waals surface area contributed by atoms with Crippen LogP contribution in [0.4, 0.5) is 0 Å². The van der Waals surface area contributed by atoms with Crippen LogP contribution in [-0.2, 0) is 4.79 Å². The van der Waals surface area contributed by atoms with Crippen molar-refractivity contribution in [3.63, 3.8) is 0 Å². The third-order valence-electron chi connectivity index (χ3n) is 2.62. The molecule has 2 aromatic rings. The number of ether oxygens (including phenoxy) is 1. The van der Waals surface area contributed by atoms with Crippen LogP contribution in [0, 0.1) is 6.92 Å². The molecule has 104 valence electrons. The second-order valence-corrected chi connectivity index (χ2v) is 4.12. The fraction of sp³-hybridized carbons (Fsp3) is 0.154. The van der Waals surface area contributed by atoms with Crippen LogP contribution in [0.25, 0.3) is 0 Å². The topological polar surface area (TPSA) is 112 Å². The van der Waals surface area contributed by atoms with Crippen LogP contribution in [0.5, 0.6) is 5.75 Å². The maximum Gasteiger partial charge on any atom is 0.341 e. The first-order chi connectivity index (χ1) is 9.47. The van der Waals surface area contributed by atoms with Gasteiger partial charge in [0, 0.05) is 11.3 Å². The molecule has 7 nitrogen and oxygen atoms in total. The summed E-state index contributed by atoms with van der Waals surface area (Å²) in [4.78, 5) is 38.5. The van der Waals surface area contributed by atoms with E-state index in [1.165, 1.54) is 24.3 Å². The fourth-order valence-electron chi connectivity index (χ4n) is 1.69. The molecule has 0 amide bonds. The molecule has 3 N–H and O–H groups in total. The minimum absolute atomic E-state index is 0.203. The molecule has 0 unspecified atom stereocenters. The molecule has 0 aliphatic carbocycles. The Hall–Kier alpha value is -2.83. The van der Waals surface area contributed by atoms with Crippen LogP contribution in [0.1, 0.15) is 21.7 Å². The number of imidazole rings is 1. The molecule has 0 atom stereocenters. The molecule has 1 aromatic carbocycles. The lowest BCUT2D eigenvalue weighted by atomic mass is 10.1. The highest BCUT2D eigenvalue weighted by Crippen LogP contribution is 2.15. The van der Waals surface area contributed by atoms with Gasteiger partial charge >= 0.3 is 11.7 Å². The van der Waals surface area contributed by atoms with E-state index in [2.05, 4.69) is 9.97 Å². The SMILES string of the molecule is Cc1[nH]c(=O)[nH]c1C(=O)c1ccc(OCC(=O)O)cc1. The zero-order valence-electron chi connectivity index (χ0n) is 10.6. The van der Waals surface area contributed by atoms with Crippen molar-refractivity contribution in [3.8, 4) is 5.75 Å². The van der Waals surface area contributed by atoms with Gasteiger partial charge in [-0.25, -0.2) is 9.59 Å². The molecule has 0 saturated heterocycles. The van der Waals surface area contributed by atoms with E-state index in [0.29, 0.717) is 17.0 Å². The first kappa shape index (κ1) is 13.6. The number of aromatic amines is 2. The van der Waals surface area contributed by atoms with Crippen LogP contribution in [0.2, 0.25) is 0 Å². The van der Waals surface area contributed by atoms with Crippen LogP contribution in [0.15, 0.2) is 29.1 Å². The summed E-state index contributed by atoms with van der Waals surface area (Å²) in [6.45, 7) is 1.17. The number of H-pyrrole nitrogens is 2. The molecule has 1 aromatic heterocycles. The number of nitrogens with one attached hydrogen (secondary N) is 2. The number of rotatable bonds is 5. The molecule has 0 aliphatic rings. The molecule has 0 aliphatic heterocycles. The molecule has 2 rings (SSSR count). The van der Waals surface area contributed by atoms with Crippen LogP contribution in [-0.4, -0.2) is 33.4 Å². The molecular weight excluding hydrogens is 264 g/mol. The van der Waals surface area contributed by atoms with Gasteiger partial charge in [-0.3, -0.25) is 4.79 Å². The van der Waals surface area contributed by atoms with Gasteiger partial charge in [0.15, 0.2) is 6.61 Å². The molecule has 0 radical (unpaired) electrons. The number of carbonyl (C=O) groups excluding carboxylic acids is 1. The molecule has 7 heteroatoms. The third-order valence-corrected chi connectivity index (χ3v) is 2.62. The Balaban J connectivity index is 2.17. The summed E-state index contributed by atoms with van der Waals surface area (Å²) in [5.74, 6) is -1.06. The van der Waals surface area contributed by atoms with Gasteiger partial charge in [0.2, 0.25) is 5.78 Å². The summed E-state index contributed by atoms with van der Waals surface area (Å²) in [6.07, 6.45) is 0. The van der Waals surface area contributed by atoms with Crippen molar-refractivity contribution in [1.82, 2.24) is 9.97 Å². The highest BCUT2D eigenvalue weighted by molar-refractivity contribution is 6.08. The normalized spacial score (nSPS) is 10.2. The summed E-state index contributed by atoms with van der Waals surface area (Å²) in [5, 5.41) is 8.48. The van der Waals surface area contributed by atoms with Crippen molar-refractivity contribution < 1.29 is 19.4 Å². The monoisotopic (exact) mass is 276 g/mol. The van der Waals surface area contributed by atoms with Crippen molar-refractivity contribution >= 4 is 11.8 Å². The standard InChI is InChI=1S/C13H12N2O5/c1-7-11(15-13(19)14-7)12(18)8-2-4-9(5-3-8)20-6-10(16)17/h2-5H,6H2,1H3,(H,16,17)(H2,14,15,19). The van der Waals surface area contributed by atoms with E-state index in [4.69, 9.17) is 9.84 Å². The smallest absolute Gasteiger partial charge is 0.341 e. The highest BCUT2D eigenvalue weighted by Gasteiger charge is 2.14. The van der Waals surface area contributed by atoms with Gasteiger partial charge < -0.3 is 19.8 Å². The summed E-state index contributed by atoms with van der Waals surface area (Å²) in [7, 11) is 0. The zero-order valence-corrected chi connectivity index (χ0v) is 10.6. The van der Waals surface area contributed by atoms with Gasteiger partial charge in [0.05, 0.1) is 0 Å². The Morgan fingerprint density at radius 2 is 1.85 bits per heavy atom. The van der Waals surface area contributed by atoms with E-state index in [-0.39, 0.29) is 11.5 Å². The van der Waals surface area contributed by atoms with Crippen LogP contribution < -0.4 is 10.4 Å². The summed E-state index contributed by atoms with van der Waals surface area (Å²) < 4.78 is 4.96. The van der Waals surface area contributed by atoms with Crippen molar-refractivity contribution in [1.29, 1.82) is 0 Å². The molecule has 0 spiro atoms. The second kappa shape index (κ2) is 5.43. The Bertz CT molecular complexity index is 696. The quantitative estimate of drug-likeness (QED) is 0.696. The van der Waals surface area contributed by atoms with E-state index >= 15 is 0 Å². The van der Waals surface area contributed by atoms with Gasteiger partial charge in [-0.15, -0.1) is 0 Å².